The number of anilines is 2. The molecule has 2 aromatic carbocycles. The van der Waals surface area contributed by atoms with Crippen LogP contribution in [-0.2, 0) is 3.79 Å². The summed E-state index contributed by atoms with van der Waals surface area (Å²) in [6.07, 6.45) is 0. The Morgan fingerprint density at radius 3 is 2.08 bits per heavy atom. The molecule has 0 aliphatic rings. The molecule has 0 fully saturated rings. The Hall–Kier alpha value is -1.59. The molecule has 8 heteroatoms. The van der Waals surface area contributed by atoms with Gasteiger partial charge in [0.05, 0.1) is 0 Å². The first-order chi connectivity index (χ1) is 11.4. The van der Waals surface area contributed by atoms with Gasteiger partial charge in [-0.2, -0.15) is 9.97 Å². The van der Waals surface area contributed by atoms with Gasteiger partial charge in [-0.15, -0.1) is 0 Å². The summed E-state index contributed by atoms with van der Waals surface area (Å²) in [5, 5.41) is 3.68. The Bertz CT molecular complexity index is 833. The highest BCUT2D eigenvalue weighted by Gasteiger charge is 2.28. The number of nitrogens with one attached hydrogen (secondary N) is 1. The Morgan fingerprint density at radius 1 is 0.792 bits per heavy atom. The second kappa shape index (κ2) is 7.11. The van der Waals surface area contributed by atoms with Crippen LogP contribution in [0.2, 0.25) is 5.02 Å². The van der Waals surface area contributed by atoms with E-state index in [9.17, 15) is 0 Å². The molecule has 0 radical (unpaired) electrons. The number of hydrogen-bond donors (Lipinski definition) is 1. The molecule has 0 aliphatic carbocycles. The monoisotopic (exact) mass is 398 g/mol. The van der Waals surface area contributed by atoms with Gasteiger partial charge in [0.1, 0.15) is 0 Å². The summed E-state index contributed by atoms with van der Waals surface area (Å²) in [5.74, 6) is 0.716. The second-order valence-corrected chi connectivity index (χ2v) is 7.52. The largest absolute Gasteiger partial charge is 0.324 e. The highest BCUT2D eigenvalue weighted by molar-refractivity contribution is 6.66. The first kappa shape index (κ1) is 17.2. The van der Waals surface area contributed by atoms with Gasteiger partial charge in [-0.05, 0) is 24.3 Å². The highest BCUT2D eigenvalue weighted by Crippen LogP contribution is 2.37. The summed E-state index contributed by atoms with van der Waals surface area (Å²) in [7, 11) is 0. The normalized spacial score (nSPS) is 11.3. The van der Waals surface area contributed by atoms with E-state index in [0.29, 0.717) is 10.8 Å². The fourth-order valence-electron chi connectivity index (χ4n) is 1.94. The number of alkyl halides is 3. The van der Waals surface area contributed by atoms with E-state index in [2.05, 4.69) is 20.3 Å². The lowest BCUT2D eigenvalue weighted by Crippen LogP contribution is -2.12. The maximum atomic E-state index is 5.95. The molecule has 3 aromatic rings. The summed E-state index contributed by atoms with van der Waals surface area (Å²) < 4.78 is -1.76. The minimum absolute atomic E-state index is 0.0396. The van der Waals surface area contributed by atoms with E-state index >= 15 is 0 Å². The van der Waals surface area contributed by atoms with E-state index in [1.54, 1.807) is 24.3 Å². The van der Waals surface area contributed by atoms with E-state index in [-0.39, 0.29) is 11.8 Å². The predicted molar refractivity (Wildman–Crippen MR) is 99.2 cm³/mol. The molecule has 4 nitrogen and oxygen atoms in total. The maximum absolute atomic E-state index is 5.95. The van der Waals surface area contributed by atoms with Crippen molar-refractivity contribution in [3.05, 3.63) is 65.4 Å². The van der Waals surface area contributed by atoms with Gasteiger partial charge in [0, 0.05) is 16.3 Å². The van der Waals surface area contributed by atoms with E-state index in [0.717, 1.165) is 11.3 Å². The molecule has 0 spiro atoms. The summed E-state index contributed by atoms with van der Waals surface area (Å²) in [4.78, 5) is 12.8. The molecular formula is C16H10Cl4N4. The van der Waals surface area contributed by atoms with Gasteiger partial charge in [-0.25, -0.2) is 4.98 Å². The van der Waals surface area contributed by atoms with Crippen LogP contribution < -0.4 is 5.32 Å². The van der Waals surface area contributed by atoms with Gasteiger partial charge in [0.25, 0.3) is 0 Å². The molecule has 0 atom stereocenters. The van der Waals surface area contributed by atoms with Crippen molar-refractivity contribution in [3.8, 4) is 11.4 Å². The van der Waals surface area contributed by atoms with E-state index in [1.165, 1.54) is 0 Å². The third-order valence-corrected chi connectivity index (χ3v) is 3.78. The summed E-state index contributed by atoms with van der Waals surface area (Å²) in [5.41, 5.74) is 1.54. The van der Waals surface area contributed by atoms with E-state index in [4.69, 9.17) is 46.4 Å². The average Bonchev–Trinajstić information content (AvgIpc) is 2.57. The molecule has 0 aliphatic heterocycles. The topological polar surface area (TPSA) is 50.7 Å². The molecule has 24 heavy (non-hydrogen) atoms. The molecule has 0 saturated heterocycles. The van der Waals surface area contributed by atoms with Crippen LogP contribution in [-0.4, -0.2) is 15.0 Å². The number of aromatic nitrogens is 3. The van der Waals surface area contributed by atoms with Gasteiger partial charge in [-0.3, -0.25) is 0 Å². The molecule has 0 unspecified atom stereocenters. The Kier molecular flexibility index (Phi) is 5.11. The summed E-state index contributed by atoms with van der Waals surface area (Å²) in [6.45, 7) is 0. The SMILES string of the molecule is Clc1ccc(Nc2nc(-c3ccccc3)nc(C(Cl)(Cl)Cl)n2)cc1. The van der Waals surface area contributed by atoms with Gasteiger partial charge < -0.3 is 5.32 Å². The van der Waals surface area contributed by atoms with Crippen LogP contribution in [0.25, 0.3) is 11.4 Å². The molecule has 0 saturated carbocycles. The minimum Gasteiger partial charge on any atom is -0.324 e. The fourth-order valence-corrected chi connectivity index (χ4v) is 2.32. The number of nitrogens with zero attached hydrogens (tertiary/aromatic N) is 3. The molecule has 1 heterocycles. The van der Waals surface area contributed by atoms with E-state index < -0.39 is 3.79 Å². The first-order valence-corrected chi connectivity index (χ1v) is 8.34. The van der Waals surface area contributed by atoms with Gasteiger partial charge >= 0.3 is 0 Å². The van der Waals surface area contributed by atoms with Crippen LogP contribution in [0.3, 0.4) is 0 Å². The molecular weight excluding hydrogens is 390 g/mol. The van der Waals surface area contributed by atoms with Crippen LogP contribution in [0.15, 0.2) is 54.6 Å². The van der Waals surface area contributed by atoms with Crippen molar-refractivity contribution in [1.29, 1.82) is 0 Å². The zero-order valence-electron chi connectivity index (χ0n) is 12.0. The molecule has 0 bridgehead atoms. The van der Waals surface area contributed by atoms with Crippen molar-refractivity contribution in [2.45, 2.75) is 3.79 Å². The quantitative estimate of drug-likeness (QED) is 0.568. The van der Waals surface area contributed by atoms with Crippen molar-refractivity contribution in [2.75, 3.05) is 5.32 Å². The first-order valence-electron chi connectivity index (χ1n) is 6.83. The Morgan fingerprint density at radius 2 is 1.46 bits per heavy atom. The van der Waals surface area contributed by atoms with Crippen LogP contribution >= 0.6 is 46.4 Å². The highest BCUT2D eigenvalue weighted by atomic mass is 35.6. The van der Waals surface area contributed by atoms with E-state index in [1.807, 2.05) is 30.3 Å². The van der Waals surface area contributed by atoms with Crippen molar-refractivity contribution >= 4 is 58.0 Å². The van der Waals surface area contributed by atoms with Crippen LogP contribution in [0.5, 0.6) is 0 Å². The lowest BCUT2D eigenvalue weighted by Gasteiger charge is -2.13. The Balaban J connectivity index is 2.03. The molecule has 0 amide bonds. The molecule has 1 aromatic heterocycles. The van der Waals surface area contributed by atoms with Gasteiger partial charge in [0.15, 0.2) is 11.6 Å². The Labute approximate surface area is 158 Å². The summed E-state index contributed by atoms with van der Waals surface area (Å²) >= 11 is 23.7. The minimum atomic E-state index is -1.76. The van der Waals surface area contributed by atoms with Crippen molar-refractivity contribution in [3.63, 3.8) is 0 Å². The molecule has 3 rings (SSSR count). The second-order valence-electron chi connectivity index (χ2n) is 4.80. The van der Waals surface area contributed by atoms with Gasteiger partial charge in [-0.1, -0.05) is 76.7 Å². The lowest BCUT2D eigenvalue weighted by molar-refractivity contribution is 0.931. The zero-order valence-corrected chi connectivity index (χ0v) is 15.1. The number of hydrogen-bond acceptors (Lipinski definition) is 4. The standard InChI is InChI=1S/C16H10Cl4N4/c17-11-6-8-12(9-7-11)21-15-23-13(10-4-2-1-3-5-10)22-14(24-15)16(18,19)20/h1-9H,(H,21,22,23,24). The van der Waals surface area contributed by atoms with Crippen molar-refractivity contribution < 1.29 is 0 Å². The average molecular weight is 400 g/mol. The third-order valence-electron chi connectivity index (χ3n) is 3.02. The van der Waals surface area contributed by atoms with Crippen molar-refractivity contribution in [2.24, 2.45) is 0 Å². The smallest absolute Gasteiger partial charge is 0.250 e. The van der Waals surface area contributed by atoms with Gasteiger partial charge in [0.2, 0.25) is 9.74 Å². The van der Waals surface area contributed by atoms with Crippen LogP contribution in [0.1, 0.15) is 5.82 Å². The number of benzene rings is 2. The predicted octanol–water partition coefficient (Wildman–Crippen LogP) is 5.76. The van der Waals surface area contributed by atoms with Crippen LogP contribution in [0.4, 0.5) is 11.6 Å². The number of rotatable bonds is 3. The molecule has 122 valence electrons. The number of halogens is 4. The van der Waals surface area contributed by atoms with Crippen molar-refractivity contribution in [1.82, 2.24) is 15.0 Å². The lowest BCUT2D eigenvalue weighted by atomic mass is 10.2. The maximum Gasteiger partial charge on any atom is 0.250 e. The van der Waals surface area contributed by atoms with Crippen LogP contribution in [0, 0.1) is 0 Å². The zero-order chi connectivity index (χ0) is 17.2. The summed E-state index contributed by atoms with van der Waals surface area (Å²) in [6, 6.07) is 16.5. The third kappa shape index (κ3) is 4.28. The fraction of sp³-hybridized carbons (Fsp3) is 0.0625. The molecule has 1 N–H and O–H groups in total.